The highest BCUT2D eigenvalue weighted by molar-refractivity contribution is 6.17. The number of hydrogen-bond acceptors (Lipinski definition) is 2. The lowest BCUT2D eigenvalue weighted by atomic mass is 10.1. The van der Waals surface area contributed by atoms with E-state index in [9.17, 15) is 0 Å². The van der Waals surface area contributed by atoms with E-state index < -0.39 is 0 Å². The van der Waals surface area contributed by atoms with Gasteiger partial charge in [-0.05, 0) is 35.7 Å². The third-order valence-corrected chi connectivity index (χ3v) is 2.99. The highest BCUT2D eigenvalue weighted by atomic mass is 35.5. The Bertz CT molecular complexity index is 511. The lowest BCUT2D eigenvalue weighted by molar-refractivity contribution is 0.295. The fraction of sp³-hybridized carbons (Fsp3) is 0.250. The molecule has 1 radical (unpaired) electrons. The Balaban J connectivity index is 2.21. The number of hydrogen-bond donors (Lipinski definition) is 0. The van der Waals surface area contributed by atoms with Crippen molar-refractivity contribution in [1.29, 1.82) is 0 Å². The SMILES string of the molecule is COc1cc(-c2[c]cccc2)ccc1OCCCCl. The third-order valence-electron chi connectivity index (χ3n) is 2.72. The minimum Gasteiger partial charge on any atom is -0.493 e. The summed E-state index contributed by atoms with van der Waals surface area (Å²) in [4.78, 5) is 0. The largest absolute Gasteiger partial charge is 0.493 e. The summed E-state index contributed by atoms with van der Waals surface area (Å²) in [5, 5.41) is 0. The van der Waals surface area contributed by atoms with Gasteiger partial charge in [0.15, 0.2) is 11.5 Å². The topological polar surface area (TPSA) is 18.5 Å². The zero-order valence-electron chi connectivity index (χ0n) is 10.9. The molecule has 0 atom stereocenters. The van der Waals surface area contributed by atoms with Gasteiger partial charge in [-0.25, -0.2) is 0 Å². The maximum Gasteiger partial charge on any atom is 0.161 e. The minimum atomic E-state index is 0.594. The first-order valence-electron chi connectivity index (χ1n) is 6.19. The first-order valence-corrected chi connectivity index (χ1v) is 6.72. The van der Waals surface area contributed by atoms with Crippen LogP contribution in [0.25, 0.3) is 11.1 Å². The van der Waals surface area contributed by atoms with Crippen LogP contribution in [0.3, 0.4) is 0 Å². The molecule has 3 heteroatoms. The Hall–Kier alpha value is -1.67. The van der Waals surface area contributed by atoms with Crippen LogP contribution in [0.5, 0.6) is 11.5 Å². The first kappa shape index (κ1) is 13.8. The molecule has 2 rings (SSSR count). The van der Waals surface area contributed by atoms with E-state index in [2.05, 4.69) is 6.07 Å². The van der Waals surface area contributed by atoms with Crippen molar-refractivity contribution in [1.82, 2.24) is 0 Å². The summed E-state index contributed by atoms with van der Waals surface area (Å²) >= 11 is 5.63. The van der Waals surface area contributed by atoms with Crippen LogP contribution in [-0.2, 0) is 0 Å². The van der Waals surface area contributed by atoms with Crippen molar-refractivity contribution in [2.75, 3.05) is 19.6 Å². The zero-order chi connectivity index (χ0) is 13.5. The second-order valence-electron chi connectivity index (χ2n) is 4.03. The van der Waals surface area contributed by atoms with E-state index in [-0.39, 0.29) is 0 Å². The van der Waals surface area contributed by atoms with Gasteiger partial charge in [0.1, 0.15) is 0 Å². The molecule has 99 valence electrons. The zero-order valence-corrected chi connectivity index (χ0v) is 11.6. The Labute approximate surface area is 118 Å². The Morgan fingerprint density at radius 2 is 2.05 bits per heavy atom. The van der Waals surface area contributed by atoms with Crippen molar-refractivity contribution in [2.24, 2.45) is 0 Å². The van der Waals surface area contributed by atoms with Crippen LogP contribution in [0.1, 0.15) is 6.42 Å². The van der Waals surface area contributed by atoms with Gasteiger partial charge in [0, 0.05) is 5.88 Å². The van der Waals surface area contributed by atoms with Crippen molar-refractivity contribution in [3.05, 3.63) is 48.5 Å². The molecular weight excluding hydrogens is 260 g/mol. The molecule has 0 fully saturated rings. The predicted octanol–water partition coefficient (Wildman–Crippen LogP) is 4.17. The number of benzene rings is 2. The maximum absolute atomic E-state index is 5.64. The molecule has 2 aromatic rings. The van der Waals surface area contributed by atoms with Crippen molar-refractivity contribution in [3.63, 3.8) is 0 Å². The van der Waals surface area contributed by atoms with E-state index in [4.69, 9.17) is 21.1 Å². The quantitative estimate of drug-likeness (QED) is 0.582. The molecule has 0 bridgehead atoms. The summed E-state index contributed by atoms with van der Waals surface area (Å²) in [6, 6.07) is 16.9. The molecule has 0 saturated heterocycles. The van der Waals surface area contributed by atoms with Gasteiger partial charge >= 0.3 is 0 Å². The molecule has 0 amide bonds. The highest BCUT2D eigenvalue weighted by Gasteiger charge is 2.07. The van der Waals surface area contributed by atoms with Crippen LogP contribution in [0, 0.1) is 6.07 Å². The Morgan fingerprint density at radius 3 is 2.74 bits per heavy atom. The van der Waals surface area contributed by atoms with E-state index in [1.54, 1.807) is 7.11 Å². The molecule has 0 aromatic heterocycles. The summed E-state index contributed by atoms with van der Waals surface area (Å²) in [7, 11) is 1.64. The fourth-order valence-corrected chi connectivity index (χ4v) is 1.87. The predicted molar refractivity (Wildman–Crippen MR) is 78.1 cm³/mol. The smallest absolute Gasteiger partial charge is 0.161 e. The molecule has 0 aliphatic heterocycles. The van der Waals surface area contributed by atoms with Gasteiger partial charge in [0.05, 0.1) is 13.7 Å². The van der Waals surface area contributed by atoms with Gasteiger partial charge in [-0.1, -0.05) is 30.3 Å². The molecule has 0 aliphatic carbocycles. The number of halogens is 1. The van der Waals surface area contributed by atoms with Crippen LogP contribution in [-0.4, -0.2) is 19.6 Å². The van der Waals surface area contributed by atoms with Crippen molar-refractivity contribution >= 4 is 11.6 Å². The van der Waals surface area contributed by atoms with Gasteiger partial charge in [0.25, 0.3) is 0 Å². The van der Waals surface area contributed by atoms with Crippen LogP contribution >= 0.6 is 11.6 Å². The highest BCUT2D eigenvalue weighted by Crippen LogP contribution is 2.32. The van der Waals surface area contributed by atoms with Crippen LogP contribution in [0.4, 0.5) is 0 Å². The molecule has 2 aromatic carbocycles. The van der Waals surface area contributed by atoms with Crippen molar-refractivity contribution < 1.29 is 9.47 Å². The standard InChI is InChI=1S/C16H16ClO2/c1-18-16-12-14(13-6-3-2-4-7-13)8-9-15(16)19-11-5-10-17/h2-4,6,8-9,12H,5,10-11H2,1H3. The number of methoxy groups -OCH3 is 1. The van der Waals surface area contributed by atoms with E-state index in [1.807, 2.05) is 42.5 Å². The second-order valence-corrected chi connectivity index (χ2v) is 4.41. The Kier molecular flexibility index (Phi) is 5.10. The van der Waals surface area contributed by atoms with Gasteiger partial charge < -0.3 is 9.47 Å². The van der Waals surface area contributed by atoms with E-state index in [0.717, 1.165) is 29.0 Å². The summed E-state index contributed by atoms with van der Waals surface area (Å²) < 4.78 is 11.0. The summed E-state index contributed by atoms with van der Waals surface area (Å²) in [5.74, 6) is 2.07. The number of alkyl halides is 1. The van der Waals surface area contributed by atoms with E-state index in [1.165, 1.54) is 0 Å². The molecule has 0 aliphatic rings. The molecule has 0 heterocycles. The molecule has 2 nitrogen and oxygen atoms in total. The normalized spacial score (nSPS) is 10.2. The van der Waals surface area contributed by atoms with Crippen LogP contribution < -0.4 is 9.47 Å². The number of ether oxygens (including phenoxy) is 2. The number of rotatable bonds is 6. The minimum absolute atomic E-state index is 0.594. The van der Waals surface area contributed by atoms with Gasteiger partial charge in [-0.2, -0.15) is 0 Å². The fourth-order valence-electron chi connectivity index (χ4n) is 1.76. The van der Waals surface area contributed by atoms with Gasteiger partial charge in [-0.3, -0.25) is 0 Å². The van der Waals surface area contributed by atoms with E-state index in [0.29, 0.717) is 12.5 Å². The summed E-state index contributed by atoms with van der Waals surface area (Å²) in [5.41, 5.74) is 2.09. The molecule has 0 N–H and O–H groups in total. The average Bonchev–Trinajstić information content (AvgIpc) is 2.48. The average molecular weight is 276 g/mol. The molecule has 0 spiro atoms. The summed E-state index contributed by atoms with van der Waals surface area (Å²) in [6.45, 7) is 0.594. The first-order chi connectivity index (χ1) is 9.35. The lowest BCUT2D eigenvalue weighted by Gasteiger charge is -2.11. The van der Waals surface area contributed by atoms with Crippen molar-refractivity contribution in [3.8, 4) is 22.6 Å². The molecule has 0 saturated carbocycles. The Morgan fingerprint density at radius 1 is 1.16 bits per heavy atom. The van der Waals surface area contributed by atoms with Crippen molar-refractivity contribution in [2.45, 2.75) is 6.42 Å². The molecule has 19 heavy (non-hydrogen) atoms. The van der Waals surface area contributed by atoms with Gasteiger partial charge in [0.2, 0.25) is 0 Å². The third kappa shape index (κ3) is 3.65. The van der Waals surface area contributed by atoms with Gasteiger partial charge in [-0.15, -0.1) is 11.6 Å². The maximum atomic E-state index is 5.64. The molecule has 0 unspecified atom stereocenters. The summed E-state index contributed by atoms with van der Waals surface area (Å²) in [6.07, 6.45) is 0.818. The van der Waals surface area contributed by atoms with E-state index >= 15 is 0 Å². The van der Waals surface area contributed by atoms with Crippen LogP contribution in [0.15, 0.2) is 42.5 Å². The second kappa shape index (κ2) is 7.05. The van der Waals surface area contributed by atoms with Crippen LogP contribution in [0.2, 0.25) is 0 Å². The molecular formula is C16H16ClO2. The lowest BCUT2D eigenvalue weighted by Crippen LogP contribution is -1.99. The monoisotopic (exact) mass is 275 g/mol.